The first-order valence-corrected chi connectivity index (χ1v) is 6.97. The first kappa shape index (κ1) is 12.0. The first-order valence-electron chi connectivity index (χ1n) is 6.97. The summed E-state index contributed by atoms with van der Waals surface area (Å²) in [5.74, 6) is 0.378. The summed E-state index contributed by atoms with van der Waals surface area (Å²) in [5, 5.41) is 13.0. The molecule has 0 atom stereocenters. The Kier molecular flexibility index (Phi) is 3.27. The predicted octanol–water partition coefficient (Wildman–Crippen LogP) is 1.97. The summed E-state index contributed by atoms with van der Waals surface area (Å²) in [5.41, 5.74) is 1.79. The molecule has 0 aromatic heterocycles. The maximum atomic E-state index is 9.50. The molecule has 0 unspecified atom stereocenters. The molecule has 1 aromatic carbocycles. The second kappa shape index (κ2) is 4.90. The van der Waals surface area contributed by atoms with Gasteiger partial charge in [-0.25, -0.2) is 0 Å². The molecule has 0 saturated carbocycles. The topological polar surface area (TPSA) is 35.5 Å². The molecule has 1 aromatic rings. The van der Waals surface area contributed by atoms with Gasteiger partial charge in [-0.3, -0.25) is 4.90 Å². The van der Waals surface area contributed by atoms with Crippen molar-refractivity contribution in [1.82, 2.24) is 10.2 Å². The summed E-state index contributed by atoms with van der Waals surface area (Å²) in [7, 11) is 0. The molecule has 2 heterocycles. The highest BCUT2D eigenvalue weighted by Crippen LogP contribution is 2.39. The predicted molar refractivity (Wildman–Crippen MR) is 72.5 cm³/mol. The summed E-state index contributed by atoms with van der Waals surface area (Å²) >= 11 is 0. The fourth-order valence-corrected chi connectivity index (χ4v) is 3.44. The standard InChI is InChI=1S/C15H22N2O/c18-14-3-1-2-13(10-14)11-17-9-6-15(12-17)4-7-16-8-5-15/h1-3,10,16,18H,4-9,11-12H2. The Morgan fingerprint density at radius 2 is 2.06 bits per heavy atom. The summed E-state index contributed by atoms with van der Waals surface area (Å²) < 4.78 is 0. The van der Waals surface area contributed by atoms with E-state index in [0.29, 0.717) is 11.2 Å². The number of nitrogens with zero attached hydrogens (tertiary/aromatic N) is 1. The molecule has 3 nitrogen and oxygen atoms in total. The van der Waals surface area contributed by atoms with Crippen LogP contribution in [0.2, 0.25) is 0 Å². The normalized spacial score (nSPS) is 23.6. The van der Waals surface area contributed by atoms with Gasteiger partial charge in [-0.1, -0.05) is 12.1 Å². The lowest BCUT2D eigenvalue weighted by Gasteiger charge is -2.33. The van der Waals surface area contributed by atoms with Crippen LogP contribution in [0.5, 0.6) is 5.75 Å². The molecule has 0 radical (unpaired) electrons. The van der Waals surface area contributed by atoms with Gasteiger partial charge in [0.25, 0.3) is 0 Å². The number of piperidine rings is 1. The molecule has 3 rings (SSSR count). The lowest BCUT2D eigenvalue weighted by molar-refractivity contribution is 0.194. The second-order valence-electron chi connectivity index (χ2n) is 5.88. The zero-order chi connectivity index (χ0) is 12.4. The van der Waals surface area contributed by atoms with Crippen molar-refractivity contribution in [3.05, 3.63) is 29.8 Å². The lowest BCUT2D eigenvalue weighted by atomic mass is 9.78. The van der Waals surface area contributed by atoms with Crippen molar-refractivity contribution in [1.29, 1.82) is 0 Å². The van der Waals surface area contributed by atoms with Gasteiger partial charge in [0.15, 0.2) is 0 Å². The number of phenols is 1. The van der Waals surface area contributed by atoms with E-state index in [1.54, 1.807) is 6.07 Å². The van der Waals surface area contributed by atoms with Crippen LogP contribution in [0.3, 0.4) is 0 Å². The van der Waals surface area contributed by atoms with Crippen LogP contribution < -0.4 is 5.32 Å². The maximum absolute atomic E-state index is 9.50. The zero-order valence-corrected chi connectivity index (χ0v) is 10.9. The van der Waals surface area contributed by atoms with Crippen molar-refractivity contribution in [2.24, 2.45) is 5.41 Å². The van der Waals surface area contributed by atoms with Crippen molar-refractivity contribution in [2.75, 3.05) is 26.2 Å². The van der Waals surface area contributed by atoms with Crippen LogP contribution in [-0.4, -0.2) is 36.2 Å². The molecule has 1 spiro atoms. The number of likely N-dealkylation sites (tertiary alicyclic amines) is 1. The van der Waals surface area contributed by atoms with Crippen LogP contribution in [0.25, 0.3) is 0 Å². The van der Waals surface area contributed by atoms with Crippen LogP contribution in [0.1, 0.15) is 24.8 Å². The molecule has 0 bridgehead atoms. The van der Waals surface area contributed by atoms with Crippen molar-refractivity contribution in [3.8, 4) is 5.75 Å². The smallest absolute Gasteiger partial charge is 0.115 e. The highest BCUT2D eigenvalue weighted by atomic mass is 16.3. The van der Waals surface area contributed by atoms with E-state index < -0.39 is 0 Å². The van der Waals surface area contributed by atoms with E-state index in [1.807, 2.05) is 12.1 Å². The molecular formula is C15H22N2O. The average Bonchev–Trinajstić information content (AvgIpc) is 2.73. The van der Waals surface area contributed by atoms with E-state index in [1.165, 1.54) is 51.0 Å². The third-order valence-electron chi connectivity index (χ3n) is 4.50. The van der Waals surface area contributed by atoms with Gasteiger partial charge in [-0.2, -0.15) is 0 Å². The van der Waals surface area contributed by atoms with Crippen molar-refractivity contribution >= 4 is 0 Å². The summed E-state index contributed by atoms with van der Waals surface area (Å²) in [6.07, 6.45) is 3.99. The monoisotopic (exact) mass is 246 g/mol. The molecule has 2 aliphatic heterocycles. The molecule has 2 fully saturated rings. The lowest BCUT2D eigenvalue weighted by Crippen LogP contribution is -2.38. The Hall–Kier alpha value is -1.06. The fraction of sp³-hybridized carbons (Fsp3) is 0.600. The molecule has 2 saturated heterocycles. The maximum Gasteiger partial charge on any atom is 0.115 e. The molecule has 2 aliphatic rings. The van der Waals surface area contributed by atoms with Gasteiger partial charge < -0.3 is 10.4 Å². The van der Waals surface area contributed by atoms with Crippen LogP contribution in [0, 0.1) is 5.41 Å². The SMILES string of the molecule is Oc1cccc(CN2CCC3(CCNCC3)C2)c1. The van der Waals surface area contributed by atoms with Gasteiger partial charge in [0, 0.05) is 13.1 Å². The van der Waals surface area contributed by atoms with E-state index >= 15 is 0 Å². The van der Waals surface area contributed by atoms with E-state index in [0.717, 1.165) is 6.54 Å². The van der Waals surface area contributed by atoms with Crippen LogP contribution >= 0.6 is 0 Å². The van der Waals surface area contributed by atoms with Crippen LogP contribution in [0.15, 0.2) is 24.3 Å². The van der Waals surface area contributed by atoms with Crippen LogP contribution in [0.4, 0.5) is 0 Å². The molecule has 0 aliphatic carbocycles. The van der Waals surface area contributed by atoms with Crippen molar-refractivity contribution in [2.45, 2.75) is 25.8 Å². The number of hydrogen-bond donors (Lipinski definition) is 2. The Morgan fingerprint density at radius 1 is 1.22 bits per heavy atom. The minimum atomic E-state index is 0.378. The molecule has 98 valence electrons. The Labute approximate surface area is 109 Å². The Bertz CT molecular complexity index is 413. The summed E-state index contributed by atoms with van der Waals surface area (Å²) in [4.78, 5) is 2.54. The molecule has 18 heavy (non-hydrogen) atoms. The highest BCUT2D eigenvalue weighted by Gasteiger charge is 2.38. The molecule has 3 heteroatoms. The minimum Gasteiger partial charge on any atom is -0.508 e. The number of rotatable bonds is 2. The number of aromatic hydroxyl groups is 1. The average molecular weight is 246 g/mol. The largest absolute Gasteiger partial charge is 0.508 e. The van der Waals surface area contributed by atoms with E-state index in [9.17, 15) is 5.11 Å². The minimum absolute atomic E-state index is 0.378. The van der Waals surface area contributed by atoms with E-state index in [4.69, 9.17) is 0 Å². The van der Waals surface area contributed by atoms with Gasteiger partial charge in [0.05, 0.1) is 0 Å². The third kappa shape index (κ3) is 2.52. The quantitative estimate of drug-likeness (QED) is 0.837. The summed E-state index contributed by atoms with van der Waals surface area (Å²) in [6, 6.07) is 7.66. The fourth-order valence-electron chi connectivity index (χ4n) is 3.44. The summed E-state index contributed by atoms with van der Waals surface area (Å²) in [6.45, 7) is 5.77. The van der Waals surface area contributed by atoms with Crippen molar-refractivity contribution < 1.29 is 5.11 Å². The molecule has 0 amide bonds. The van der Waals surface area contributed by atoms with Gasteiger partial charge in [0.1, 0.15) is 5.75 Å². The first-order chi connectivity index (χ1) is 8.76. The van der Waals surface area contributed by atoms with Crippen LogP contribution in [-0.2, 0) is 6.54 Å². The number of phenolic OH excluding ortho intramolecular Hbond substituents is 1. The van der Waals surface area contributed by atoms with Gasteiger partial charge in [0.2, 0.25) is 0 Å². The second-order valence-corrected chi connectivity index (χ2v) is 5.88. The van der Waals surface area contributed by atoms with Gasteiger partial charge in [-0.15, -0.1) is 0 Å². The number of hydrogen-bond acceptors (Lipinski definition) is 3. The van der Waals surface area contributed by atoms with Crippen molar-refractivity contribution in [3.63, 3.8) is 0 Å². The zero-order valence-electron chi connectivity index (χ0n) is 10.9. The molecular weight excluding hydrogens is 224 g/mol. The molecule has 2 N–H and O–H groups in total. The number of nitrogens with one attached hydrogen (secondary N) is 1. The van der Waals surface area contributed by atoms with Gasteiger partial charge in [-0.05, 0) is 62.0 Å². The van der Waals surface area contributed by atoms with Gasteiger partial charge >= 0.3 is 0 Å². The highest BCUT2D eigenvalue weighted by molar-refractivity contribution is 5.27. The van der Waals surface area contributed by atoms with E-state index in [-0.39, 0.29) is 0 Å². The third-order valence-corrected chi connectivity index (χ3v) is 4.50. The number of benzene rings is 1. The van der Waals surface area contributed by atoms with E-state index in [2.05, 4.69) is 16.3 Å². The Balaban J connectivity index is 1.62. The Morgan fingerprint density at radius 3 is 2.83 bits per heavy atom.